The van der Waals surface area contributed by atoms with Gasteiger partial charge in [-0.2, -0.15) is 0 Å². The SMILES string of the molecule is CCCCCCCCCCCOc1ccccc1CCC(=O)O[C@H]1CCOC[C@H]1OP(=O)(O)OC[C@H](N)C(=O)O. The van der Waals surface area contributed by atoms with E-state index in [4.69, 9.17) is 29.6 Å². The summed E-state index contributed by atoms with van der Waals surface area (Å²) < 4.78 is 38.9. The van der Waals surface area contributed by atoms with Crippen molar-refractivity contribution >= 4 is 19.8 Å². The summed E-state index contributed by atoms with van der Waals surface area (Å²) in [7, 11) is -4.66. The number of aryl methyl sites for hydroxylation is 1. The van der Waals surface area contributed by atoms with E-state index in [2.05, 4.69) is 11.4 Å². The van der Waals surface area contributed by atoms with Gasteiger partial charge in [-0.15, -0.1) is 0 Å². The molecule has 0 aromatic heterocycles. The number of esters is 1. The average molecular weight is 588 g/mol. The van der Waals surface area contributed by atoms with Crippen LogP contribution >= 0.6 is 7.82 Å². The summed E-state index contributed by atoms with van der Waals surface area (Å²) >= 11 is 0. The van der Waals surface area contributed by atoms with Crippen molar-refractivity contribution < 1.29 is 47.4 Å². The molecule has 0 bridgehead atoms. The van der Waals surface area contributed by atoms with Gasteiger partial charge in [-0.05, 0) is 24.5 Å². The molecule has 1 saturated heterocycles. The molecule has 1 unspecified atom stereocenters. The van der Waals surface area contributed by atoms with Crippen LogP contribution < -0.4 is 10.5 Å². The lowest BCUT2D eigenvalue weighted by molar-refractivity contribution is -0.164. The Kier molecular flexibility index (Phi) is 16.4. The second-order valence-electron chi connectivity index (χ2n) is 10.0. The molecule has 1 heterocycles. The molecular weight excluding hydrogens is 541 g/mol. The van der Waals surface area contributed by atoms with Crippen LogP contribution in [0.1, 0.15) is 83.1 Å². The number of rotatable bonds is 21. The summed E-state index contributed by atoms with van der Waals surface area (Å²) in [6.45, 7) is 2.33. The zero-order chi connectivity index (χ0) is 29.2. The highest BCUT2D eigenvalue weighted by molar-refractivity contribution is 7.47. The first-order chi connectivity index (χ1) is 19.2. The summed E-state index contributed by atoms with van der Waals surface area (Å²) in [5.74, 6) is -1.13. The van der Waals surface area contributed by atoms with Gasteiger partial charge in [0, 0.05) is 12.8 Å². The first-order valence-electron chi connectivity index (χ1n) is 14.3. The fourth-order valence-electron chi connectivity index (χ4n) is 4.28. The standard InChI is InChI=1S/C28H46NO10P/c1-2-3-4-5-6-7-8-9-12-18-36-24-14-11-10-13-22(24)15-16-27(30)38-25-17-19-35-21-26(25)39-40(33,34)37-20-23(29)28(31)32/h10-11,13-14,23,25-26H,2-9,12,15-21,29H2,1H3,(H,31,32)(H,33,34)/t23-,25-,26+/m0/s1. The number of phosphoric acid groups is 1. The van der Waals surface area contributed by atoms with Gasteiger partial charge in [0.2, 0.25) is 0 Å². The number of phosphoric ester groups is 1. The van der Waals surface area contributed by atoms with Gasteiger partial charge in [0.25, 0.3) is 0 Å². The van der Waals surface area contributed by atoms with Crippen molar-refractivity contribution in [1.29, 1.82) is 0 Å². The van der Waals surface area contributed by atoms with Gasteiger partial charge in [0.15, 0.2) is 0 Å². The molecule has 12 heteroatoms. The van der Waals surface area contributed by atoms with Crippen LogP contribution in [0.2, 0.25) is 0 Å². The number of unbranched alkanes of at least 4 members (excludes halogenated alkanes) is 8. The number of aliphatic carboxylic acids is 1. The maximum atomic E-state index is 12.6. The fourth-order valence-corrected chi connectivity index (χ4v) is 5.23. The third kappa shape index (κ3) is 14.1. The Balaban J connectivity index is 1.74. The predicted molar refractivity (Wildman–Crippen MR) is 149 cm³/mol. The van der Waals surface area contributed by atoms with E-state index >= 15 is 0 Å². The lowest BCUT2D eigenvalue weighted by Gasteiger charge is -2.31. The number of carbonyl (C=O) groups excluding carboxylic acids is 1. The quantitative estimate of drug-likeness (QED) is 0.103. The molecule has 1 aromatic carbocycles. The highest BCUT2D eigenvalue weighted by Gasteiger charge is 2.37. The molecule has 0 spiro atoms. The molecule has 1 aromatic rings. The van der Waals surface area contributed by atoms with E-state index < -0.39 is 44.6 Å². The molecule has 0 radical (unpaired) electrons. The largest absolute Gasteiger partial charge is 0.493 e. The first-order valence-corrected chi connectivity index (χ1v) is 15.8. The normalized spacial score (nSPS) is 19.5. The van der Waals surface area contributed by atoms with Gasteiger partial charge in [-0.3, -0.25) is 18.6 Å². The van der Waals surface area contributed by atoms with Crippen LogP contribution in [0.3, 0.4) is 0 Å². The zero-order valence-corrected chi connectivity index (χ0v) is 24.4. The number of nitrogens with two attached hydrogens (primary N) is 1. The number of benzene rings is 1. The Bertz CT molecular complexity index is 930. The predicted octanol–water partition coefficient (Wildman–Crippen LogP) is 4.78. The van der Waals surface area contributed by atoms with Crippen molar-refractivity contribution in [2.24, 2.45) is 5.73 Å². The summed E-state index contributed by atoms with van der Waals surface area (Å²) in [6.07, 6.45) is 10.0. The Morgan fingerprint density at radius 3 is 2.45 bits per heavy atom. The van der Waals surface area contributed by atoms with E-state index in [1.165, 1.54) is 44.9 Å². The molecule has 40 heavy (non-hydrogen) atoms. The zero-order valence-electron chi connectivity index (χ0n) is 23.5. The van der Waals surface area contributed by atoms with E-state index in [1.807, 2.05) is 24.3 Å². The molecule has 1 aliphatic rings. The highest BCUT2D eigenvalue weighted by atomic mass is 31.2. The molecule has 228 valence electrons. The summed E-state index contributed by atoms with van der Waals surface area (Å²) in [5.41, 5.74) is 6.20. The number of ether oxygens (including phenoxy) is 3. The lowest BCUT2D eigenvalue weighted by atomic mass is 10.1. The monoisotopic (exact) mass is 587 g/mol. The van der Waals surface area contributed by atoms with Crippen LogP contribution in [0.25, 0.3) is 0 Å². The van der Waals surface area contributed by atoms with Crippen LogP contribution in [-0.4, -0.2) is 66.6 Å². The highest BCUT2D eigenvalue weighted by Crippen LogP contribution is 2.46. The van der Waals surface area contributed by atoms with Crippen molar-refractivity contribution in [3.05, 3.63) is 29.8 Å². The second-order valence-corrected chi connectivity index (χ2v) is 11.4. The molecule has 11 nitrogen and oxygen atoms in total. The minimum atomic E-state index is -4.66. The Labute approximate surface area is 237 Å². The number of hydrogen-bond acceptors (Lipinski definition) is 9. The molecule has 4 N–H and O–H groups in total. The van der Waals surface area contributed by atoms with Crippen molar-refractivity contribution in [3.63, 3.8) is 0 Å². The van der Waals surface area contributed by atoms with Gasteiger partial charge in [0.05, 0.1) is 26.4 Å². The average Bonchev–Trinajstić information content (AvgIpc) is 2.93. The van der Waals surface area contributed by atoms with Crippen molar-refractivity contribution in [2.75, 3.05) is 26.4 Å². The molecular formula is C28H46NO10P. The van der Waals surface area contributed by atoms with Crippen LogP contribution in [0.5, 0.6) is 5.75 Å². The maximum Gasteiger partial charge on any atom is 0.472 e. The van der Waals surface area contributed by atoms with Crippen LogP contribution in [-0.2, 0) is 39.1 Å². The number of carboxylic acids is 1. The summed E-state index contributed by atoms with van der Waals surface area (Å²) in [4.78, 5) is 33.4. The van der Waals surface area contributed by atoms with E-state index in [1.54, 1.807) is 0 Å². The van der Waals surface area contributed by atoms with Gasteiger partial charge in [-0.25, -0.2) is 4.57 Å². The summed E-state index contributed by atoms with van der Waals surface area (Å²) in [5, 5.41) is 8.80. The maximum absolute atomic E-state index is 12.6. The number of carboxylic acid groups (broad SMARTS) is 1. The van der Waals surface area contributed by atoms with E-state index in [0.717, 1.165) is 24.2 Å². The van der Waals surface area contributed by atoms with Crippen LogP contribution in [0, 0.1) is 0 Å². The third-order valence-electron chi connectivity index (χ3n) is 6.61. The minimum absolute atomic E-state index is 0.0865. The minimum Gasteiger partial charge on any atom is -0.493 e. The molecule has 0 amide bonds. The number of carbonyl (C=O) groups is 2. The molecule has 1 fully saturated rings. The van der Waals surface area contributed by atoms with Gasteiger partial charge in [0.1, 0.15) is 24.0 Å². The second kappa shape index (κ2) is 19.2. The Morgan fingerprint density at radius 1 is 1.07 bits per heavy atom. The molecule has 1 aliphatic heterocycles. The molecule has 0 aliphatic carbocycles. The smallest absolute Gasteiger partial charge is 0.472 e. The van der Waals surface area contributed by atoms with Crippen LogP contribution in [0.15, 0.2) is 24.3 Å². The van der Waals surface area contributed by atoms with E-state index in [0.29, 0.717) is 13.0 Å². The topological polar surface area (TPSA) is 164 Å². The Hall–Kier alpha value is -2.01. The molecule has 0 saturated carbocycles. The van der Waals surface area contributed by atoms with Crippen molar-refractivity contribution in [1.82, 2.24) is 0 Å². The fraction of sp³-hybridized carbons (Fsp3) is 0.714. The van der Waals surface area contributed by atoms with Crippen molar-refractivity contribution in [2.45, 2.75) is 102 Å². The van der Waals surface area contributed by atoms with Crippen molar-refractivity contribution in [3.8, 4) is 5.75 Å². The Morgan fingerprint density at radius 2 is 1.75 bits per heavy atom. The first kappa shape index (κ1) is 34.2. The molecule has 4 atom stereocenters. The lowest BCUT2D eigenvalue weighted by Crippen LogP contribution is -2.41. The van der Waals surface area contributed by atoms with E-state index in [-0.39, 0.29) is 26.1 Å². The number of hydrogen-bond donors (Lipinski definition) is 3. The van der Waals surface area contributed by atoms with Gasteiger partial charge < -0.3 is 29.9 Å². The third-order valence-corrected chi connectivity index (χ3v) is 7.62. The molecule has 2 rings (SSSR count). The van der Waals surface area contributed by atoms with Gasteiger partial charge in [-0.1, -0.05) is 76.5 Å². The van der Waals surface area contributed by atoms with Gasteiger partial charge >= 0.3 is 19.8 Å². The van der Waals surface area contributed by atoms with Crippen LogP contribution in [0.4, 0.5) is 0 Å². The summed E-state index contributed by atoms with van der Waals surface area (Å²) in [6, 6.07) is 6.11. The van der Waals surface area contributed by atoms with E-state index in [9.17, 15) is 19.0 Å². The number of para-hydroxylation sites is 1.